The van der Waals surface area contributed by atoms with Gasteiger partial charge < -0.3 is 20.1 Å². The zero-order valence-electron chi connectivity index (χ0n) is 28.7. The van der Waals surface area contributed by atoms with Crippen molar-refractivity contribution in [3.05, 3.63) is 77.4 Å². The third-order valence-electron chi connectivity index (χ3n) is 8.29. The molecule has 0 saturated heterocycles. The van der Waals surface area contributed by atoms with E-state index in [1.807, 2.05) is 50.2 Å². The average molecular weight is 659 g/mol. The second-order valence-electron chi connectivity index (χ2n) is 13.7. The molecule has 3 aromatic carbocycles. The number of likely N-dealkylation sites (N-methyl/N-ethyl adjacent to an activating group) is 1. The maximum absolute atomic E-state index is 14.0. The molecule has 0 unspecified atom stereocenters. The van der Waals surface area contributed by atoms with Crippen LogP contribution in [0.1, 0.15) is 73.7 Å². The molecular weight excluding hydrogens is 612 g/mol. The van der Waals surface area contributed by atoms with Crippen molar-refractivity contribution in [2.24, 2.45) is 11.7 Å². The minimum absolute atomic E-state index is 0.0113. The Balaban J connectivity index is 1.58. The number of hydrogen-bond acceptors (Lipinski definition) is 8. The van der Waals surface area contributed by atoms with Crippen LogP contribution in [-0.2, 0) is 25.5 Å². The molecule has 11 heteroatoms. The van der Waals surface area contributed by atoms with Crippen LogP contribution < -0.4 is 15.8 Å². The van der Waals surface area contributed by atoms with Crippen molar-refractivity contribution < 1.29 is 33.4 Å². The van der Waals surface area contributed by atoms with Crippen molar-refractivity contribution in [3.8, 4) is 5.75 Å². The number of amides is 4. The molecule has 0 aliphatic carbocycles. The summed E-state index contributed by atoms with van der Waals surface area (Å²) in [6.07, 6.45) is 0.550. The molecule has 4 rings (SSSR count). The Labute approximate surface area is 281 Å². The molecule has 3 N–H and O–H groups in total. The van der Waals surface area contributed by atoms with Crippen LogP contribution in [0.3, 0.4) is 0 Å². The number of nitrogens with one attached hydrogen (secondary N) is 1. The highest BCUT2D eigenvalue weighted by Crippen LogP contribution is 2.30. The zero-order chi connectivity index (χ0) is 35.3. The molecule has 48 heavy (non-hydrogen) atoms. The van der Waals surface area contributed by atoms with E-state index in [2.05, 4.69) is 5.32 Å². The summed E-state index contributed by atoms with van der Waals surface area (Å²) in [7, 11) is 3.08. The molecule has 3 aromatic rings. The predicted molar refractivity (Wildman–Crippen MR) is 182 cm³/mol. The van der Waals surface area contributed by atoms with Crippen molar-refractivity contribution in [2.75, 3.05) is 20.7 Å². The van der Waals surface area contributed by atoms with E-state index in [0.29, 0.717) is 12.2 Å². The lowest BCUT2D eigenvalue weighted by molar-refractivity contribution is -0.158. The van der Waals surface area contributed by atoms with Crippen LogP contribution in [0.4, 0.5) is 0 Å². The largest absolute Gasteiger partial charge is 0.497 e. The molecule has 0 saturated carbocycles. The quantitative estimate of drug-likeness (QED) is 0.194. The molecule has 256 valence electrons. The highest BCUT2D eigenvalue weighted by atomic mass is 16.6. The van der Waals surface area contributed by atoms with Crippen LogP contribution in [0.2, 0.25) is 0 Å². The predicted octanol–water partition coefficient (Wildman–Crippen LogP) is 4.10. The Morgan fingerprint density at radius 3 is 2.10 bits per heavy atom. The molecule has 0 aromatic heterocycles. The van der Waals surface area contributed by atoms with Gasteiger partial charge in [-0.25, -0.2) is 0 Å². The number of carbonyl (C=O) groups excluding carboxylic acids is 5. The summed E-state index contributed by atoms with van der Waals surface area (Å²) < 4.78 is 11.0. The molecule has 0 fully saturated rings. The number of rotatable bonds is 14. The van der Waals surface area contributed by atoms with Gasteiger partial charge in [-0.15, -0.1) is 0 Å². The standard InChI is InChI=1S/C37H46N4O7/c1-22(2)17-30(35(45)40(6)31(32(38)42)18-23-11-9-8-10-12-23)39-29(36(46)48-37(3,4)5)15-16-41-33(43)27-20-24-13-14-26(47-7)19-25(24)21-28(27)34(41)44/h8-14,19-22,29-31,39H,15-18H2,1-7H3,(H2,38,42)/t29-,30+,31+/m1/s1. The van der Waals surface area contributed by atoms with Crippen molar-refractivity contribution in [3.63, 3.8) is 0 Å². The van der Waals surface area contributed by atoms with Gasteiger partial charge in [0.2, 0.25) is 11.8 Å². The number of hydrogen-bond donors (Lipinski definition) is 2. The van der Waals surface area contributed by atoms with Gasteiger partial charge in [0.15, 0.2) is 0 Å². The molecule has 0 radical (unpaired) electrons. The summed E-state index contributed by atoms with van der Waals surface area (Å²) in [6, 6.07) is 15.1. The summed E-state index contributed by atoms with van der Waals surface area (Å²) in [5, 5.41) is 4.72. The Morgan fingerprint density at radius 2 is 1.54 bits per heavy atom. The number of ether oxygens (including phenoxy) is 2. The number of nitrogens with two attached hydrogens (primary N) is 1. The Hall–Kier alpha value is -4.77. The van der Waals surface area contributed by atoms with Crippen LogP contribution >= 0.6 is 0 Å². The lowest BCUT2D eigenvalue weighted by atomic mass is 9.98. The lowest BCUT2D eigenvalue weighted by Gasteiger charge is -2.33. The van der Waals surface area contributed by atoms with E-state index in [4.69, 9.17) is 15.2 Å². The molecule has 1 aliphatic heterocycles. The normalized spacial score (nSPS) is 14.9. The van der Waals surface area contributed by atoms with Crippen molar-refractivity contribution in [1.82, 2.24) is 15.1 Å². The lowest BCUT2D eigenvalue weighted by Crippen LogP contribution is -2.57. The van der Waals surface area contributed by atoms with Crippen LogP contribution in [0.5, 0.6) is 5.75 Å². The number of nitrogens with zero attached hydrogens (tertiary/aromatic N) is 2. The van der Waals surface area contributed by atoms with Crippen LogP contribution in [0.15, 0.2) is 60.7 Å². The van der Waals surface area contributed by atoms with Crippen LogP contribution in [0.25, 0.3) is 10.8 Å². The van der Waals surface area contributed by atoms with Crippen molar-refractivity contribution in [2.45, 2.75) is 77.6 Å². The fourth-order valence-electron chi connectivity index (χ4n) is 5.86. The summed E-state index contributed by atoms with van der Waals surface area (Å²) in [6.45, 7) is 8.99. The molecule has 3 atom stereocenters. The maximum Gasteiger partial charge on any atom is 0.323 e. The van der Waals surface area contributed by atoms with E-state index >= 15 is 0 Å². The summed E-state index contributed by atoms with van der Waals surface area (Å²) in [5.74, 6) is -1.97. The van der Waals surface area contributed by atoms with Gasteiger partial charge in [0, 0.05) is 20.0 Å². The Bertz CT molecular complexity index is 1680. The van der Waals surface area contributed by atoms with E-state index in [1.165, 1.54) is 11.9 Å². The zero-order valence-corrected chi connectivity index (χ0v) is 28.7. The topological polar surface area (TPSA) is 148 Å². The SMILES string of the molecule is COc1ccc2cc3c(cc2c1)C(=O)N(CC[C@@H](N[C@@H](CC(C)C)C(=O)N(C)[C@@H](Cc1ccccc1)C(N)=O)C(=O)OC(C)(C)C)C3=O. The summed E-state index contributed by atoms with van der Waals surface area (Å²) in [4.78, 5) is 69.6. The number of benzene rings is 3. The molecule has 11 nitrogen and oxygen atoms in total. The summed E-state index contributed by atoms with van der Waals surface area (Å²) >= 11 is 0. The fourth-order valence-corrected chi connectivity index (χ4v) is 5.86. The van der Waals surface area contributed by atoms with E-state index in [1.54, 1.807) is 52.1 Å². The molecule has 4 amide bonds. The van der Waals surface area contributed by atoms with Crippen LogP contribution in [-0.4, -0.2) is 83.8 Å². The molecule has 1 heterocycles. The first-order valence-corrected chi connectivity index (χ1v) is 16.2. The smallest absolute Gasteiger partial charge is 0.323 e. The van der Waals surface area contributed by atoms with Crippen molar-refractivity contribution >= 4 is 40.4 Å². The van der Waals surface area contributed by atoms with Gasteiger partial charge in [-0.2, -0.15) is 0 Å². The monoisotopic (exact) mass is 658 g/mol. The molecule has 1 aliphatic rings. The van der Waals surface area contributed by atoms with E-state index in [0.717, 1.165) is 21.2 Å². The minimum Gasteiger partial charge on any atom is -0.497 e. The van der Waals surface area contributed by atoms with Gasteiger partial charge in [-0.05, 0) is 80.1 Å². The van der Waals surface area contributed by atoms with E-state index in [-0.39, 0.29) is 36.4 Å². The number of carbonyl (C=O) groups is 5. The number of methoxy groups -OCH3 is 1. The van der Waals surface area contributed by atoms with E-state index in [9.17, 15) is 24.0 Å². The van der Waals surface area contributed by atoms with Gasteiger partial charge >= 0.3 is 5.97 Å². The van der Waals surface area contributed by atoms with Crippen molar-refractivity contribution in [1.29, 1.82) is 0 Å². The minimum atomic E-state index is -1.06. The van der Waals surface area contributed by atoms with Gasteiger partial charge in [0.05, 0.1) is 24.3 Å². The number of fused-ring (bicyclic) bond motifs is 2. The average Bonchev–Trinajstić information content (AvgIpc) is 3.25. The van der Waals surface area contributed by atoms with Gasteiger partial charge in [0.1, 0.15) is 23.4 Å². The van der Waals surface area contributed by atoms with Gasteiger partial charge in [-0.3, -0.25) is 34.2 Å². The third kappa shape index (κ3) is 8.57. The third-order valence-corrected chi connectivity index (χ3v) is 8.29. The number of esters is 1. The first-order chi connectivity index (χ1) is 22.6. The maximum atomic E-state index is 14.0. The van der Waals surface area contributed by atoms with Crippen LogP contribution in [0, 0.1) is 5.92 Å². The molecular formula is C37H46N4O7. The van der Waals surface area contributed by atoms with Gasteiger partial charge in [-0.1, -0.05) is 50.2 Å². The first kappa shape index (κ1) is 36.1. The second-order valence-corrected chi connectivity index (χ2v) is 13.7. The highest BCUT2D eigenvalue weighted by molar-refractivity contribution is 6.23. The molecule has 0 bridgehead atoms. The number of primary amides is 1. The Morgan fingerprint density at radius 1 is 0.917 bits per heavy atom. The highest BCUT2D eigenvalue weighted by Gasteiger charge is 2.39. The van der Waals surface area contributed by atoms with E-state index < -0.39 is 53.3 Å². The summed E-state index contributed by atoms with van der Waals surface area (Å²) in [5.41, 5.74) is 6.32. The Kier molecular flexibility index (Phi) is 11.3. The fraction of sp³-hybridized carbons (Fsp3) is 0.432. The number of imide groups is 1. The molecule has 0 spiro atoms. The first-order valence-electron chi connectivity index (χ1n) is 16.2. The second kappa shape index (κ2) is 15.0. The van der Waals surface area contributed by atoms with Gasteiger partial charge in [0.25, 0.3) is 11.8 Å².